The van der Waals surface area contributed by atoms with Gasteiger partial charge in [-0.15, -0.1) is 0 Å². The third-order valence-corrected chi connectivity index (χ3v) is 7.59. The molecule has 9 heteroatoms. The summed E-state index contributed by atoms with van der Waals surface area (Å²) in [6, 6.07) is -0.424. The van der Waals surface area contributed by atoms with Crippen molar-refractivity contribution in [2.24, 2.45) is 0 Å². The van der Waals surface area contributed by atoms with E-state index >= 15 is 0 Å². The number of nitrogens with one attached hydrogen (secondary N) is 1. The minimum atomic E-state index is -3.01. The van der Waals surface area contributed by atoms with Gasteiger partial charge in [0.2, 0.25) is 5.91 Å². The average molecular weight is 338 g/mol. The molecule has 0 spiro atoms. The smallest absolute Gasteiger partial charge is 0.234 e. The summed E-state index contributed by atoms with van der Waals surface area (Å²) in [6.07, 6.45) is 1.01. The van der Waals surface area contributed by atoms with E-state index in [-0.39, 0.29) is 47.5 Å². The van der Waals surface area contributed by atoms with Crippen LogP contribution in [0.15, 0.2) is 0 Å². The molecule has 1 N–H and O–H groups in total. The Labute approximate surface area is 125 Å². The van der Waals surface area contributed by atoms with Gasteiger partial charge in [0.1, 0.15) is 0 Å². The normalized spacial score (nSPS) is 30.6. The number of hydrogen-bond acceptors (Lipinski definition) is 6. The third-order valence-electron chi connectivity index (χ3n) is 4.08. The Morgan fingerprint density at radius 1 is 1.10 bits per heavy atom. The van der Waals surface area contributed by atoms with E-state index in [0.29, 0.717) is 19.4 Å². The van der Waals surface area contributed by atoms with Crippen molar-refractivity contribution in [1.29, 1.82) is 0 Å². The fraction of sp³-hybridized carbons (Fsp3) is 0.917. The minimum absolute atomic E-state index is 0.00265. The van der Waals surface area contributed by atoms with E-state index in [0.717, 1.165) is 0 Å². The average Bonchev–Trinajstić information content (AvgIpc) is 2.88. The molecule has 2 atom stereocenters. The fourth-order valence-electron chi connectivity index (χ4n) is 2.93. The molecule has 122 valence electrons. The topological polar surface area (TPSA) is 101 Å². The van der Waals surface area contributed by atoms with Gasteiger partial charge >= 0.3 is 0 Å². The summed E-state index contributed by atoms with van der Waals surface area (Å²) in [5.74, 6) is 0.171. The highest BCUT2D eigenvalue weighted by Crippen LogP contribution is 2.17. The molecule has 2 aliphatic heterocycles. The monoisotopic (exact) mass is 338 g/mol. The maximum Gasteiger partial charge on any atom is 0.234 e. The van der Waals surface area contributed by atoms with Crippen molar-refractivity contribution in [3.05, 3.63) is 0 Å². The minimum Gasteiger partial charge on any atom is -0.351 e. The van der Waals surface area contributed by atoms with E-state index in [1.807, 2.05) is 11.8 Å². The molecule has 0 radical (unpaired) electrons. The lowest BCUT2D eigenvalue weighted by molar-refractivity contribution is -0.123. The predicted octanol–water partition coefficient (Wildman–Crippen LogP) is -1.20. The van der Waals surface area contributed by atoms with Gasteiger partial charge in [-0.25, -0.2) is 16.8 Å². The molecule has 0 saturated carbocycles. The van der Waals surface area contributed by atoms with Crippen LogP contribution in [0.5, 0.6) is 0 Å². The molecule has 0 aromatic carbocycles. The van der Waals surface area contributed by atoms with Gasteiger partial charge in [0, 0.05) is 12.1 Å². The first kappa shape index (κ1) is 16.7. The number of nitrogens with zero attached hydrogens (tertiary/aromatic N) is 1. The van der Waals surface area contributed by atoms with Crippen LogP contribution < -0.4 is 5.32 Å². The molecule has 2 heterocycles. The number of rotatable bonds is 5. The Bertz CT molecular complexity index is 599. The molecule has 0 aliphatic carbocycles. The molecule has 7 nitrogen and oxygen atoms in total. The van der Waals surface area contributed by atoms with Crippen LogP contribution in [0.25, 0.3) is 0 Å². The zero-order valence-corrected chi connectivity index (χ0v) is 13.7. The van der Waals surface area contributed by atoms with Crippen LogP contribution >= 0.6 is 0 Å². The van der Waals surface area contributed by atoms with E-state index in [2.05, 4.69) is 5.32 Å². The Balaban J connectivity index is 1.86. The number of hydrogen-bond donors (Lipinski definition) is 1. The molecule has 0 aromatic heterocycles. The van der Waals surface area contributed by atoms with Crippen LogP contribution in [-0.2, 0) is 24.5 Å². The molecule has 0 bridgehead atoms. The number of carbonyl (C=O) groups is 1. The SMILES string of the molecule is CCN(CC(=O)NC1CCS(=O)(=O)C1)C1CCS(=O)(=O)C1. The van der Waals surface area contributed by atoms with Crippen molar-refractivity contribution in [3.63, 3.8) is 0 Å². The summed E-state index contributed by atoms with van der Waals surface area (Å²) in [5, 5.41) is 2.73. The highest BCUT2D eigenvalue weighted by atomic mass is 32.2. The first-order chi connectivity index (χ1) is 9.71. The Morgan fingerprint density at radius 3 is 2.19 bits per heavy atom. The molecule has 0 aromatic rings. The van der Waals surface area contributed by atoms with Crippen LogP contribution in [-0.4, -0.2) is 75.8 Å². The van der Waals surface area contributed by atoms with E-state index in [4.69, 9.17) is 0 Å². The van der Waals surface area contributed by atoms with Gasteiger partial charge < -0.3 is 5.32 Å². The van der Waals surface area contributed by atoms with Crippen molar-refractivity contribution in [3.8, 4) is 0 Å². The second-order valence-corrected chi connectivity index (χ2v) is 10.2. The van der Waals surface area contributed by atoms with Gasteiger partial charge in [-0.3, -0.25) is 9.69 Å². The Hall–Kier alpha value is -0.670. The number of carbonyl (C=O) groups excluding carboxylic acids is 1. The molecular formula is C12H22N2O5S2. The maximum absolute atomic E-state index is 12.0. The third kappa shape index (κ3) is 4.65. The second kappa shape index (κ2) is 6.21. The van der Waals surface area contributed by atoms with Gasteiger partial charge in [0.25, 0.3) is 0 Å². The Kier molecular flexibility index (Phi) is 4.94. The fourth-order valence-corrected chi connectivity index (χ4v) is 6.36. The Morgan fingerprint density at radius 2 is 1.71 bits per heavy atom. The van der Waals surface area contributed by atoms with Crippen LogP contribution in [0.2, 0.25) is 0 Å². The van der Waals surface area contributed by atoms with Crippen molar-refractivity contribution < 1.29 is 21.6 Å². The van der Waals surface area contributed by atoms with Crippen LogP contribution in [0, 0.1) is 0 Å². The van der Waals surface area contributed by atoms with Gasteiger partial charge in [0.15, 0.2) is 19.7 Å². The molecule has 2 saturated heterocycles. The van der Waals surface area contributed by atoms with E-state index in [9.17, 15) is 21.6 Å². The summed E-state index contributed by atoms with van der Waals surface area (Å²) < 4.78 is 45.7. The molecule has 2 rings (SSSR count). The molecule has 21 heavy (non-hydrogen) atoms. The van der Waals surface area contributed by atoms with Crippen LogP contribution in [0.3, 0.4) is 0 Å². The lowest BCUT2D eigenvalue weighted by Crippen LogP contribution is -2.46. The van der Waals surface area contributed by atoms with E-state index in [1.165, 1.54) is 0 Å². The molecule has 2 aliphatic rings. The van der Waals surface area contributed by atoms with E-state index in [1.54, 1.807) is 0 Å². The quantitative estimate of drug-likeness (QED) is 0.676. The van der Waals surface area contributed by atoms with Gasteiger partial charge in [-0.2, -0.15) is 0 Å². The lowest BCUT2D eigenvalue weighted by Gasteiger charge is -2.26. The zero-order valence-electron chi connectivity index (χ0n) is 12.1. The van der Waals surface area contributed by atoms with Gasteiger partial charge in [-0.1, -0.05) is 6.92 Å². The summed E-state index contributed by atoms with van der Waals surface area (Å²) in [6.45, 7) is 2.60. The molecular weight excluding hydrogens is 316 g/mol. The molecule has 2 unspecified atom stereocenters. The zero-order chi connectivity index (χ0) is 15.7. The van der Waals surface area contributed by atoms with Crippen molar-refractivity contribution in [1.82, 2.24) is 10.2 Å². The van der Waals surface area contributed by atoms with Gasteiger partial charge in [0.05, 0.1) is 29.6 Å². The first-order valence-corrected chi connectivity index (χ1v) is 10.8. The first-order valence-electron chi connectivity index (χ1n) is 7.15. The number of sulfone groups is 2. The largest absolute Gasteiger partial charge is 0.351 e. The number of amides is 1. The van der Waals surface area contributed by atoms with Crippen molar-refractivity contribution in [2.45, 2.75) is 31.8 Å². The second-order valence-electron chi connectivity index (χ2n) is 5.79. The summed E-state index contributed by atoms with van der Waals surface area (Å²) in [7, 11) is -5.99. The predicted molar refractivity (Wildman–Crippen MR) is 79.5 cm³/mol. The molecule has 2 fully saturated rings. The maximum atomic E-state index is 12.0. The molecule has 1 amide bonds. The summed E-state index contributed by atoms with van der Waals surface area (Å²) in [4.78, 5) is 13.9. The van der Waals surface area contributed by atoms with Crippen LogP contribution in [0.1, 0.15) is 19.8 Å². The van der Waals surface area contributed by atoms with Crippen molar-refractivity contribution in [2.75, 3.05) is 36.1 Å². The highest BCUT2D eigenvalue weighted by Gasteiger charge is 2.33. The number of likely N-dealkylation sites (N-methyl/N-ethyl adjacent to an activating group) is 1. The summed E-state index contributed by atoms with van der Waals surface area (Å²) >= 11 is 0. The van der Waals surface area contributed by atoms with Gasteiger partial charge in [-0.05, 0) is 19.4 Å². The standard InChI is InChI=1S/C12H22N2O5S2/c1-2-14(11-4-6-21(18,19)9-11)7-12(15)13-10-3-5-20(16,17)8-10/h10-11H,2-9H2,1H3,(H,13,15). The lowest BCUT2D eigenvalue weighted by atomic mass is 10.2. The van der Waals surface area contributed by atoms with Crippen molar-refractivity contribution >= 4 is 25.6 Å². The highest BCUT2D eigenvalue weighted by molar-refractivity contribution is 7.91. The van der Waals surface area contributed by atoms with Crippen LogP contribution in [0.4, 0.5) is 0 Å². The summed E-state index contributed by atoms with van der Waals surface area (Å²) in [5.41, 5.74) is 0. The van der Waals surface area contributed by atoms with E-state index < -0.39 is 19.7 Å².